The molecule has 7 nitrogen and oxygen atoms in total. The van der Waals surface area contributed by atoms with E-state index in [9.17, 15) is 23.5 Å². The minimum Gasteiger partial charge on any atom is -0.479 e. The van der Waals surface area contributed by atoms with Crippen molar-refractivity contribution >= 4 is 45.2 Å². The zero-order valence-corrected chi connectivity index (χ0v) is 17.2. The maximum Gasteiger partial charge on any atom is 0.331 e. The molecule has 3 N–H and O–H groups in total. The highest BCUT2D eigenvalue weighted by atomic mass is 32.2. The van der Waals surface area contributed by atoms with Gasteiger partial charge in [0.15, 0.2) is 5.54 Å². The van der Waals surface area contributed by atoms with Crippen LogP contribution >= 0.6 is 11.3 Å². The van der Waals surface area contributed by atoms with E-state index in [4.69, 9.17) is 0 Å². The van der Waals surface area contributed by atoms with Crippen LogP contribution in [0.4, 0.5) is 10.7 Å². The molecule has 1 fully saturated rings. The van der Waals surface area contributed by atoms with Gasteiger partial charge in [-0.25, -0.2) is 13.3 Å². The standard InChI is InChI=1S/C21H18N2O5S2/c24-19(22-15-9-5-2-6-10-15)17-11-12-18(29-17)23(30(27)28)21(20(25)26)13-16(21)14-7-3-1-4-8-14/h1-12,16H,13H2,(H,22,24)(H,25,26)(H,27,28). The number of amides is 1. The Morgan fingerprint density at radius 3 is 2.27 bits per heavy atom. The molecule has 3 aromatic rings. The van der Waals surface area contributed by atoms with Gasteiger partial charge in [-0.1, -0.05) is 48.5 Å². The zero-order chi connectivity index (χ0) is 21.3. The number of carboxylic acids is 1. The van der Waals surface area contributed by atoms with E-state index >= 15 is 0 Å². The van der Waals surface area contributed by atoms with Crippen molar-refractivity contribution in [3.05, 3.63) is 83.2 Å². The van der Waals surface area contributed by atoms with Crippen LogP contribution in [-0.2, 0) is 16.1 Å². The third-order valence-electron chi connectivity index (χ3n) is 5.07. The van der Waals surface area contributed by atoms with Crippen LogP contribution in [0, 0.1) is 0 Å². The predicted molar refractivity (Wildman–Crippen MR) is 116 cm³/mol. The number of hydrogen-bond acceptors (Lipinski definition) is 4. The maximum atomic E-state index is 12.5. The number of para-hydroxylation sites is 1. The van der Waals surface area contributed by atoms with Gasteiger partial charge in [-0.3, -0.25) is 9.35 Å². The number of thiophene rings is 1. The van der Waals surface area contributed by atoms with Gasteiger partial charge >= 0.3 is 5.97 Å². The predicted octanol–water partition coefficient (Wildman–Crippen LogP) is 3.95. The number of carbonyl (C=O) groups is 2. The summed E-state index contributed by atoms with van der Waals surface area (Å²) in [6, 6.07) is 21.0. The molecule has 154 valence electrons. The first-order valence-corrected chi connectivity index (χ1v) is 11.0. The van der Waals surface area contributed by atoms with Crippen LogP contribution in [-0.4, -0.2) is 31.3 Å². The normalized spacial score (nSPS) is 20.9. The Bertz CT molecular complexity index is 1100. The molecule has 3 atom stereocenters. The number of hydrogen-bond donors (Lipinski definition) is 3. The third kappa shape index (κ3) is 3.62. The number of anilines is 2. The smallest absolute Gasteiger partial charge is 0.331 e. The van der Waals surface area contributed by atoms with E-state index in [1.807, 2.05) is 12.1 Å². The second-order valence-corrected chi connectivity index (χ2v) is 8.77. The Morgan fingerprint density at radius 1 is 1.03 bits per heavy atom. The minimum absolute atomic E-state index is 0.197. The second kappa shape index (κ2) is 8.02. The number of nitrogens with one attached hydrogen (secondary N) is 1. The van der Waals surface area contributed by atoms with Crippen LogP contribution < -0.4 is 9.62 Å². The largest absolute Gasteiger partial charge is 0.479 e. The van der Waals surface area contributed by atoms with Gasteiger partial charge in [0.2, 0.25) is 0 Å². The summed E-state index contributed by atoms with van der Waals surface area (Å²) in [5, 5.41) is 13.0. The van der Waals surface area contributed by atoms with E-state index < -0.39 is 28.7 Å². The van der Waals surface area contributed by atoms with Crippen LogP contribution in [0.1, 0.15) is 27.6 Å². The Hall–Kier alpha value is -3.01. The molecule has 0 saturated heterocycles. The summed E-state index contributed by atoms with van der Waals surface area (Å²) >= 11 is -1.61. The SMILES string of the molecule is O=C(Nc1ccccc1)c1ccc(N(S(=O)O)C2(C(=O)O)CC2c2ccccc2)s1. The van der Waals surface area contributed by atoms with Crippen LogP contribution in [0.15, 0.2) is 72.8 Å². The summed E-state index contributed by atoms with van der Waals surface area (Å²) in [7, 11) is 0. The van der Waals surface area contributed by atoms with Crippen molar-refractivity contribution in [3.63, 3.8) is 0 Å². The molecular weight excluding hydrogens is 424 g/mol. The van der Waals surface area contributed by atoms with Crippen molar-refractivity contribution in [1.29, 1.82) is 0 Å². The van der Waals surface area contributed by atoms with Crippen molar-refractivity contribution < 1.29 is 23.5 Å². The fraction of sp³-hybridized carbons (Fsp3) is 0.143. The average molecular weight is 443 g/mol. The molecule has 2 aromatic carbocycles. The summed E-state index contributed by atoms with van der Waals surface area (Å²) in [6.07, 6.45) is 0.197. The van der Waals surface area contributed by atoms with Gasteiger partial charge in [0.25, 0.3) is 17.2 Å². The Morgan fingerprint density at radius 2 is 1.67 bits per heavy atom. The highest BCUT2D eigenvalue weighted by molar-refractivity contribution is 7.81. The molecule has 3 unspecified atom stereocenters. The Balaban J connectivity index is 1.63. The molecule has 9 heteroatoms. The number of benzene rings is 2. The van der Waals surface area contributed by atoms with Crippen molar-refractivity contribution in [1.82, 2.24) is 0 Å². The molecule has 1 heterocycles. The third-order valence-corrected chi connectivity index (χ3v) is 7.09. The van der Waals surface area contributed by atoms with E-state index in [1.165, 1.54) is 12.1 Å². The van der Waals surface area contributed by atoms with Gasteiger partial charge in [0.05, 0.1) is 4.88 Å². The van der Waals surface area contributed by atoms with Gasteiger partial charge in [-0.2, -0.15) is 0 Å². The van der Waals surface area contributed by atoms with Gasteiger partial charge in [0.1, 0.15) is 5.00 Å². The molecule has 0 bridgehead atoms. The first kappa shape index (κ1) is 20.3. The maximum absolute atomic E-state index is 12.5. The lowest BCUT2D eigenvalue weighted by Crippen LogP contribution is -2.45. The van der Waals surface area contributed by atoms with Gasteiger partial charge in [-0.05, 0) is 36.2 Å². The van der Waals surface area contributed by atoms with Gasteiger partial charge in [-0.15, -0.1) is 11.3 Å². The van der Waals surface area contributed by atoms with Crippen molar-refractivity contribution in [2.24, 2.45) is 0 Å². The second-order valence-electron chi connectivity index (χ2n) is 6.88. The highest BCUT2D eigenvalue weighted by Crippen LogP contribution is 2.58. The lowest BCUT2D eigenvalue weighted by molar-refractivity contribution is -0.139. The molecule has 4 rings (SSSR count). The van der Waals surface area contributed by atoms with E-state index in [1.54, 1.807) is 48.5 Å². The topological polar surface area (TPSA) is 107 Å². The minimum atomic E-state index is -2.58. The Labute approximate surface area is 179 Å². The average Bonchev–Trinajstić information content (AvgIpc) is 3.29. The van der Waals surface area contributed by atoms with Crippen LogP contribution in [0.2, 0.25) is 0 Å². The van der Waals surface area contributed by atoms with E-state index in [2.05, 4.69) is 5.32 Å². The number of nitrogens with zero attached hydrogens (tertiary/aromatic N) is 1. The summed E-state index contributed by atoms with van der Waals surface area (Å²) in [5.41, 5.74) is -0.138. The van der Waals surface area contributed by atoms with E-state index in [-0.39, 0.29) is 17.3 Å². The van der Waals surface area contributed by atoms with Crippen LogP contribution in [0.5, 0.6) is 0 Å². The summed E-state index contributed by atoms with van der Waals surface area (Å²) in [6.45, 7) is 0. The zero-order valence-electron chi connectivity index (χ0n) is 15.6. The van der Waals surface area contributed by atoms with Crippen molar-refractivity contribution in [3.8, 4) is 0 Å². The van der Waals surface area contributed by atoms with Crippen molar-refractivity contribution in [2.75, 3.05) is 9.62 Å². The summed E-state index contributed by atoms with van der Waals surface area (Å²) < 4.78 is 23.2. The lowest BCUT2D eigenvalue weighted by Gasteiger charge is -2.26. The molecule has 1 saturated carbocycles. The first-order chi connectivity index (χ1) is 14.4. The summed E-state index contributed by atoms with van der Waals surface area (Å²) in [5.74, 6) is -1.99. The monoisotopic (exact) mass is 442 g/mol. The molecule has 1 amide bonds. The number of carbonyl (C=O) groups excluding carboxylic acids is 1. The highest BCUT2D eigenvalue weighted by Gasteiger charge is 2.67. The molecule has 1 aliphatic carbocycles. The van der Waals surface area contributed by atoms with Crippen molar-refractivity contribution in [2.45, 2.75) is 17.9 Å². The number of carboxylic acid groups (broad SMARTS) is 1. The van der Waals surface area contributed by atoms with Gasteiger partial charge in [0, 0.05) is 11.6 Å². The fourth-order valence-corrected chi connectivity index (χ4v) is 5.53. The Kier molecular flexibility index (Phi) is 5.42. The summed E-state index contributed by atoms with van der Waals surface area (Å²) in [4.78, 5) is 25.0. The number of rotatable bonds is 7. The molecule has 0 aliphatic heterocycles. The fourth-order valence-electron chi connectivity index (χ4n) is 3.56. The molecule has 30 heavy (non-hydrogen) atoms. The van der Waals surface area contributed by atoms with Crippen LogP contribution in [0.25, 0.3) is 0 Å². The molecule has 1 aromatic heterocycles. The van der Waals surface area contributed by atoms with Crippen LogP contribution in [0.3, 0.4) is 0 Å². The molecule has 1 aliphatic rings. The molecule has 0 radical (unpaired) electrons. The first-order valence-electron chi connectivity index (χ1n) is 9.09. The molecule has 0 spiro atoms. The van der Waals surface area contributed by atoms with E-state index in [0.717, 1.165) is 21.2 Å². The van der Waals surface area contributed by atoms with Gasteiger partial charge < -0.3 is 10.4 Å². The van der Waals surface area contributed by atoms with E-state index in [0.29, 0.717) is 10.6 Å². The quantitative estimate of drug-likeness (QED) is 0.480. The lowest BCUT2D eigenvalue weighted by atomic mass is 10.1. The molecular formula is C21H18N2O5S2. The number of aliphatic carboxylic acids is 1.